The van der Waals surface area contributed by atoms with Crippen molar-refractivity contribution in [3.05, 3.63) is 58.4 Å². The van der Waals surface area contributed by atoms with Gasteiger partial charge in [-0.1, -0.05) is 23.7 Å². The number of hydrogen-bond donors (Lipinski definition) is 1. The van der Waals surface area contributed by atoms with Crippen LogP contribution in [0, 0.1) is 5.82 Å². The van der Waals surface area contributed by atoms with Crippen molar-refractivity contribution in [2.45, 2.75) is 32.1 Å². The van der Waals surface area contributed by atoms with Gasteiger partial charge < -0.3 is 19.5 Å². The lowest BCUT2D eigenvalue weighted by molar-refractivity contribution is 0.110. The van der Waals surface area contributed by atoms with E-state index in [2.05, 4.69) is 5.32 Å². The molecule has 0 aromatic heterocycles. The first-order chi connectivity index (χ1) is 12.7. The second-order valence-corrected chi connectivity index (χ2v) is 6.68. The summed E-state index contributed by atoms with van der Waals surface area (Å²) in [7, 11) is 1.61. The van der Waals surface area contributed by atoms with Crippen molar-refractivity contribution in [3.8, 4) is 11.5 Å². The molecule has 7 heteroatoms. The van der Waals surface area contributed by atoms with Gasteiger partial charge in [0.1, 0.15) is 12.4 Å². The summed E-state index contributed by atoms with van der Waals surface area (Å²) in [5.74, 6) is 0.909. The number of rotatable bonds is 8. The maximum absolute atomic E-state index is 13.1. The van der Waals surface area contributed by atoms with Crippen molar-refractivity contribution in [1.82, 2.24) is 5.32 Å². The van der Waals surface area contributed by atoms with Crippen molar-refractivity contribution in [2.75, 3.05) is 20.3 Å². The summed E-state index contributed by atoms with van der Waals surface area (Å²) in [4.78, 5) is 0. The molecule has 27 heavy (non-hydrogen) atoms. The van der Waals surface area contributed by atoms with Gasteiger partial charge in [-0.15, -0.1) is 12.4 Å². The SMILES string of the molecule is COc1cc(CNCC2CCCO2)ccc1OCc1ccc(F)cc1Cl.Cl. The van der Waals surface area contributed by atoms with Crippen LogP contribution < -0.4 is 14.8 Å². The Morgan fingerprint density at radius 3 is 2.78 bits per heavy atom. The number of methoxy groups -OCH3 is 1. The first-order valence-electron chi connectivity index (χ1n) is 8.71. The van der Waals surface area contributed by atoms with E-state index in [0.29, 0.717) is 22.6 Å². The maximum atomic E-state index is 13.1. The van der Waals surface area contributed by atoms with Crippen LogP contribution >= 0.6 is 24.0 Å². The van der Waals surface area contributed by atoms with E-state index in [4.69, 9.17) is 25.8 Å². The first kappa shape index (κ1) is 21.8. The number of ether oxygens (including phenoxy) is 3. The fourth-order valence-electron chi connectivity index (χ4n) is 2.92. The zero-order valence-electron chi connectivity index (χ0n) is 15.2. The molecule has 1 aliphatic rings. The molecule has 1 unspecified atom stereocenters. The summed E-state index contributed by atoms with van der Waals surface area (Å²) >= 11 is 6.04. The minimum atomic E-state index is -0.365. The van der Waals surface area contributed by atoms with Gasteiger partial charge in [0.2, 0.25) is 0 Å². The molecular weight excluding hydrogens is 392 g/mol. The van der Waals surface area contributed by atoms with Gasteiger partial charge in [0.25, 0.3) is 0 Å². The summed E-state index contributed by atoms with van der Waals surface area (Å²) in [5, 5.41) is 3.76. The zero-order valence-corrected chi connectivity index (χ0v) is 16.7. The summed E-state index contributed by atoms with van der Waals surface area (Å²) in [6.07, 6.45) is 2.58. The highest BCUT2D eigenvalue weighted by Crippen LogP contribution is 2.29. The molecule has 0 bridgehead atoms. The molecule has 4 nitrogen and oxygen atoms in total. The lowest BCUT2D eigenvalue weighted by Crippen LogP contribution is -2.25. The highest BCUT2D eigenvalue weighted by Gasteiger charge is 2.14. The van der Waals surface area contributed by atoms with Crippen molar-refractivity contribution in [1.29, 1.82) is 0 Å². The number of nitrogens with one attached hydrogen (secondary N) is 1. The molecule has 0 radical (unpaired) electrons. The van der Waals surface area contributed by atoms with E-state index in [1.54, 1.807) is 13.2 Å². The predicted octanol–water partition coefficient (Wildman–Crippen LogP) is 4.76. The van der Waals surface area contributed by atoms with E-state index < -0.39 is 0 Å². The van der Waals surface area contributed by atoms with Crippen LogP contribution in [0.25, 0.3) is 0 Å². The van der Waals surface area contributed by atoms with Gasteiger partial charge in [0.15, 0.2) is 11.5 Å². The van der Waals surface area contributed by atoms with Gasteiger partial charge in [0.05, 0.1) is 18.2 Å². The van der Waals surface area contributed by atoms with Crippen LogP contribution in [0.2, 0.25) is 5.02 Å². The van der Waals surface area contributed by atoms with Gasteiger partial charge in [-0.05, 0) is 42.7 Å². The molecule has 1 fully saturated rings. The third-order valence-corrected chi connectivity index (χ3v) is 4.70. The molecule has 0 amide bonds. The molecule has 3 rings (SSSR count). The Balaban J connectivity index is 0.00000261. The van der Waals surface area contributed by atoms with Crippen molar-refractivity contribution < 1.29 is 18.6 Å². The molecule has 1 N–H and O–H groups in total. The molecule has 1 heterocycles. The number of halogens is 3. The van der Waals surface area contributed by atoms with Gasteiger partial charge >= 0.3 is 0 Å². The second kappa shape index (κ2) is 10.7. The molecule has 0 saturated carbocycles. The Bertz CT molecular complexity index is 739. The van der Waals surface area contributed by atoms with Crippen LogP contribution in [0.15, 0.2) is 36.4 Å². The molecule has 0 aliphatic carbocycles. The Hall–Kier alpha value is -1.53. The molecule has 2 aromatic carbocycles. The Morgan fingerprint density at radius 2 is 2.07 bits per heavy atom. The third-order valence-electron chi connectivity index (χ3n) is 4.35. The number of benzene rings is 2. The molecular formula is C20H24Cl2FNO3. The van der Waals surface area contributed by atoms with Crippen LogP contribution in [0.4, 0.5) is 4.39 Å². The maximum Gasteiger partial charge on any atom is 0.161 e. The van der Waals surface area contributed by atoms with E-state index in [-0.39, 0.29) is 24.8 Å². The largest absolute Gasteiger partial charge is 0.493 e. The van der Waals surface area contributed by atoms with Gasteiger partial charge in [0, 0.05) is 25.3 Å². The summed E-state index contributed by atoms with van der Waals surface area (Å²) < 4.78 is 30.0. The van der Waals surface area contributed by atoms with E-state index >= 15 is 0 Å². The molecule has 148 valence electrons. The van der Waals surface area contributed by atoms with Gasteiger partial charge in [-0.2, -0.15) is 0 Å². The minimum Gasteiger partial charge on any atom is -0.493 e. The average Bonchev–Trinajstić information content (AvgIpc) is 3.15. The third kappa shape index (κ3) is 6.25. The first-order valence-corrected chi connectivity index (χ1v) is 9.09. The molecule has 1 saturated heterocycles. The summed E-state index contributed by atoms with van der Waals surface area (Å²) in [5.41, 5.74) is 1.82. The summed E-state index contributed by atoms with van der Waals surface area (Å²) in [6, 6.07) is 10.1. The van der Waals surface area contributed by atoms with E-state index in [1.807, 2.05) is 18.2 Å². The van der Waals surface area contributed by atoms with Crippen LogP contribution in [-0.2, 0) is 17.9 Å². The van der Waals surface area contributed by atoms with Crippen molar-refractivity contribution >= 4 is 24.0 Å². The summed E-state index contributed by atoms with van der Waals surface area (Å²) in [6.45, 7) is 2.69. The van der Waals surface area contributed by atoms with Crippen molar-refractivity contribution in [3.63, 3.8) is 0 Å². The lowest BCUT2D eigenvalue weighted by Gasteiger charge is -2.14. The molecule has 2 aromatic rings. The zero-order chi connectivity index (χ0) is 18.4. The van der Waals surface area contributed by atoms with E-state index in [9.17, 15) is 4.39 Å². The molecule has 1 aliphatic heterocycles. The van der Waals surface area contributed by atoms with E-state index in [0.717, 1.165) is 43.7 Å². The van der Waals surface area contributed by atoms with Crippen molar-refractivity contribution in [2.24, 2.45) is 0 Å². The molecule has 1 atom stereocenters. The quantitative estimate of drug-likeness (QED) is 0.674. The normalized spacial score (nSPS) is 16.0. The minimum absolute atomic E-state index is 0. The molecule has 0 spiro atoms. The topological polar surface area (TPSA) is 39.7 Å². The van der Waals surface area contributed by atoms with Gasteiger partial charge in [-0.25, -0.2) is 4.39 Å². The van der Waals surface area contributed by atoms with Crippen LogP contribution in [0.3, 0.4) is 0 Å². The fraction of sp³-hybridized carbons (Fsp3) is 0.400. The number of hydrogen-bond acceptors (Lipinski definition) is 4. The van der Waals surface area contributed by atoms with Crippen LogP contribution in [0.1, 0.15) is 24.0 Å². The highest BCUT2D eigenvalue weighted by atomic mass is 35.5. The van der Waals surface area contributed by atoms with E-state index in [1.165, 1.54) is 12.1 Å². The smallest absolute Gasteiger partial charge is 0.161 e. The fourth-order valence-corrected chi connectivity index (χ4v) is 3.14. The Labute approximate surface area is 170 Å². The average molecular weight is 416 g/mol. The Morgan fingerprint density at radius 1 is 1.22 bits per heavy atom. The second-order valence-electron chi connectivity index (χ2n) is 6.28. The Kier molecular flexibility index (Phi) is 8.64. The van der Waals surface area contributed by atoms with Crippen LogP contribution in [0.5, 0.6) is 11.5 Å². The predicted molar refractivity (Wildman–Crippen MR) is 107 cm³/mol. The monoisotopic (exact) mass is 415 g/mol. The van der Waals surface area contributed by atoms with Crippen LogP contribution in [-0.4, -0.2) is 26.4 Å². The standard InChI is InChI=1S/C20H23ClFNO3.ClH/c1-24-20-9-14(11-23-12-17-3-2-8-25-17)4-7-19(20)26-13-15-5-6-16(22)10-18(15)21;/h4-7,9-10,17,23H,2-3,8,11-13H2,1H3;1H. The lowest BCUT2D eigenvalue weighted by atomic mass is 10.2. The van der Waals surface area contributed by atoms with Gasteiger partial charge in [-0.3, -0.25) is 0 Å². The highest BCUT2D eigenvalue weighted by molar-refractivity contribution is 6.31.